The SMILES string of the molecule is CC(S)CC(F)(F)C(F)(F)C(F)(F)C(F)(F)C(F)(F)C(F)(F)C(F)(F)C(F)(F)C(F)(F)C(F)(F)C(F)(F)C(F)(F)C(F)(F)F. The number of hydrogen-bond acceptors (Lipinski definition) is 1. The van der Waals surface area contributed by atoms with E-state index in [0.717, 1.165) is 0 Å². The van der Waals surface area contributed by atoms with Crippen LogP contribution in [-0.2, 0) is 0 Å². The molecule has 1 unspecified atom stereocenters. The van der Waals surface area contributed by atoms with E-state index in [0.29, 0.717) is 0 Å². The van der Waals surface area contributed by atoms with Gasteiger partial charge in [-0.25, -0.2) is 0 Å². The van der Waals surface area contributed by atoms with Gasteiger partial charge in [-0.1, -0.05) is 6.92 Å². The third-order valence-electron chi connectivity index (χ3n) is 5.31. The molecule has 0 saturated heterocycles. The number of alkyl halides is 27. The molecule has 0 aliphatic carbocycles. The van der Waals surface area contributed by atoms with Gasteiger partial charge in [0.15, 0.2) is 0 Å². The van der Waals surface area contributed by atoms with Crippen LogP contribution in [0, 0.1) is 0 Å². The molecule has 0 spiro atoms. The molecule has 44 heavy (non-hydrogen) atoms. The highest BCUT2D eigenvalue weighted by atomic mass is 32.1. The van der Waals surface area contributed by atoms with Crippen LogP contribution in [0.15, 0.2) is 0 Å². The fourth-order valence-corrected chi connectivity index (χ4v) is 2.91. The van der Waals surface area contributed by atoms with Crippen molar-refractivity contribution in [1.29, 1.82) is 0 Å². The molecule has 0 heterocycles. The molecule has 0 N–H and O–H groups in total. The van der Waals surface area contributed by atoms with E-state index in [4.69, 9.17) is 0 Å². The van der Waals surface area contributed by atoms with Gasteiger partial charge in [0.05, 0.1) is 0 Å². The second-order valence-corrected chi connectivity index (χ2v) is 9.46. The molecule has 28 heteroatoms. The molecule has 0 bridgehead atoms. The van der Waals surface area contributed by atoms with Crippen LogP contribution in [0.5, 0.6) is 0 Å². The minimum absolute atomic E-state index is 0.263. The summed E-state index contributed by atoms with van der Waals surface area (Å²) in [5, 5.41) is -2.32. The largest absolute Gasteiger partial charge is 0.460 e. The molecular weight excluding hydrogens is 737 g/mol. The normalized spacial score (nSPS) is 17.7. The van der Waals surface area contributed by atoms with E-state index >= 15 is 0 Å². The zero-order chi connectivity index (χ0) is 36.8. The fourth-order valence-electron chi connectivity index (χ4n) is 2.68. The van der Waals surface area contributed by atoms with Crippen molar-refractivity contribution in [2.75, 3.05) is 0 Å². The quantitative estimate of drug-likeness (QED) is 0.141. The molecule has 0 saturated carbocycles. The van der Waals surface area contributed by atoms with Gasteiger partial charge in [0, 0.05) is 11.7 Å². The molecule has 0 rings (SSSR count). The van der Waals surface area contributed by atoms with Gasteiger partial charge in [-0.15, -0.1) is 0 Å². The van der Waals surface area contributed by atoms with Crippen molar-refractivity contribution in [3.05, 3.63) is 0 Å². The molecule has 0 radical (unpaired) electrons. The average Bonchev–Trinajstić information content (AvgIpc) is 2.75. The zero-order valence-corrected chi connectivity index (χ0v) is 20.3. The predicted molar refractivity (Wildman–Crippen MR) is 88.5 cm³/mol. The fraction of sp³-hybridized carbons (Fsp3) is 1.00. The molecule has 0 fully saturated rings. The molecule has 0 aromatic rings. The van der Waals surface area contributed by atoms with Gasteiger partial charge in [-0.2, -0.15) is 131 Å². The first kappa shape index (κ1) is 42.5. The Morgan fingerprint density at radius 1 is 0.318 bits per heavy atom. The lowest BCUT2D eigenvalue weighted by atomic mass is 9.83. The lowest BCUT2D eigenvalue weighted by molar-refractivity contribution is -0.485. The van der Waals surface area contributed by atoms with Crippen molar-refractivity contribution in [2.45, 2.75) is 95.8 Å². The van der Waals surface area contributed by atoms with Crippen LogP contribution in [-0.4, -0.2) is 82.5 Å². The summed E-state index contributed by atoms with van der Waals surface area (Å²) in [5.74, 6) is -109. The Labute approximate surface area is 228 Å². The first-order valence-corrected chi connectivity index (χ1v) is 10.2. The van der Waals surface area contributed by atoms with Crippen LogP contribution in [0.25, 0.3) is 0 Å². The van der Waals surface area contributed by atoms with Gasteiger partial charge in [-0.3, -0.25) is 0 Å². The van der Waals surface area contributed by atoms with Crippen LogP contribution in [0.2, 0.25) is 0 Å². The van der Waals surface area contributed by atoms with Gasteiger partial charge in [0.1, 0.15) is 0 Å². The molecule has 0 aliphatic heterocycles. The Morgan fingerprint density at radius 3 is 0.636 bits per heavy atom. The van der Waals surface area contributed by atoms with Gasteiger partial charge in [0.25, 0.3) is 0 Å². The second kappa shape index (κ2) is 10.5. The Balaban J connectivity index is 7.43. The van der Waals surface area contributed by atoms with Crippen LogP contribution in [0.4, 0.5) is 119 Å². The Hall–Kier alpha value is -1.54. The molecule has 0 amide bonds. The van der Waals surface area contributed by atoms with Crippen molar-refractivity contribution >= 4 is 12.6 Å². The van der Waals surface area contributed by atoms with Crippen molar-refractivity contribution in [3.63, 3.8) is 0 Å². The number of thiol groups is 1. The topological polar surface area (TPSA) is 0 Å². The Morgan fingerprint density at radius 2 is 0.477 bits per heavy atom. The summed E-state index contributed by atoms with van der Waals surface area (Å²) in [4.78, 5) is 0. The molecule has 0 aromatic carbocycles. The second-order valence-electron chi connectivity index (χ2n) is 8.57. The summed E-state index contributed by atoms with van der Waals surface area (Å²) in [6, 6.07) is 0. The van der Waals surface area contributed by atoms with Crippen LogP contribution >= 0.6 is 12.6 Å². The minimum atomic E-state index is -9.75. The van der Waals surface area contributed by atoms with Gasteiger partial charge in [-0.05, 0) is 0 Å². The third kappa shape index (κ3) is 5.07. The smallest absolute Gasteiger partial charge is 0.200 e. The van der Waals surface area contributed by atoms with E-state index in [2.05, 4.69) is 12.6 Å². The molecule has 266 valence electrons. The van der Waals surface area contributed by atoms with Crippen LogP contribution in [0.1, 0.15) is 13.3 Å². The Bertz CT molecular complexity index is 1030. The van der Waals surface area contributed by atoms with Crippen molar-refractivity contribution in [3.8, 4) is 0 Å². The highest BCUT2D eigenvalue weighted by Gasteiger charge is 3.00. The van der Waals surface area contributed by atoms with Crippen LogP contribution in [0.3, 0.4) is 0 Å². The maximum atomic E-state index is 13.7. The number of rotatable bonds is 13. The monoisotopic (exact) mass is 744 g/mol. The number of hydrogen-bond donors (Lipinski definition) is 1. The third-order valence-corrected chi connectivity index (χ3v) is 5.49. The maximum Gasteiger partial charge on any atom is 0.460 e. The molecule has 0 nitrogen and oxygen atoms in total. The van der Waals surface area contributed by atoms with Crippen molar-refractivity contribution in [1.82, 2.24) is 0 Å². The van der Waals surface area contributed by atoms with Gasteiger partial charge < -0.3 is 0 Å². The minimum Gasteiger partial charge on any atom is -0.200 e. The standard InChI is InChI=1S/C16H7F27S/c1-3(44)2-4(17,18)5(19,20)6(21,22)7(23,24)8(25,26)9(27,28)10(29,30)11(31,32)12(33,34)13(35,36)14(37,38)15(39,40)16(41,42)43/h3,44H,2H2,1H3. The highest BCUT2D eigenvalue weighted by Crippen LogP contribution is 2.68. The van der Waals surface area contributed by atoms with Crippen molar-refractivity contribution < 1.29 is 119 Å². The lowest BCUT2D eigenvalue weighted by Crippen LogP contribution is -2.78. The lowest BCUT2D eigenvalue weighted by Gasteiger charge is -2.46. The average molecular weight is 744 g/mol. The summed E-state index contributed by atoms with van der Waals surface area (Å²) in [5.41, 5.74) is 0. The molecular formula is C16H7F27S. The number of halogens is 27. The molecule has 0 aromatic heterocycles. The Kier molecular flexibility index (Phi) is 10.1. The molecule has 1 atom stereocenters. The summed E-state index contributed by atoms with van der Waals surface area (Å²) in [7, 11) is 0. The van der Waals surface area contributed by atoms with Crippen LogP contribution < -0.4 is 0 Å². The predicted octanol–water partition coefficient (Wildman–Crippen LogP) is 9.88. The van der Waals surface area contributed by atoms with E-state index in [1.165, 1.54) is 0 Å². The highest BCUT2D eigenvalue weighted by molar-refractivity contribution is 7.80. The summed E-state index contributed by atoms with van der Waals surface area (Å²) >= 11 is 2.88. The van der Waals surface area contributed by atoms with E-state index in [1.54, 1.807) is 0 Å². The summed E-state index contributed by atoms with van der Waals surface area (Å²) in [6.07, 6.45) is -11.1. The zero-order valence-electron chi connectivity index (χ0n) is 19.4. The summed E-state index contributed by atoms with van der Waals surface area (Å²) < 4.78 is 359. The summed E-state index contributed by atoms with van der Waals surface area (Å²) in [6.45, 7) is 0.263. The molecule has 0 aliphatic rings. The van der Waals surface area contributed by atoms with E-state index in [-0.39, 0.29) is 6.92 Å². The van der Waals surface area contributed by atoms with Crippen molar-refractivity contribution in [2.24, 2.45) is 0 Å². The van der Waals surface area contributed by atoms with E-state index in [1.807, 2.05) is 0 Å². The van der Waals surface area contributed by atoms with Gasteiger partial charge in [0.2, 0.25) is 0 Å². The maximum absolute atomic E-state index is 13.7. The van der Waals surface area contributed by atoms with E-state index < -0.39 is 88.9 Å². The van der Waals surface area contributed by atoms with E-state index in [9.17, 15) is 119 Å². The van der Waals surface area contributed by atoms with Gasteiger partial charge >= 0.3 is 77.2 Å². The first-order valence-electron chi connectivity index (χ1n) is 9.70. The first-order chi connectivity index (χ1) is 18.4.